The highest BCUT2D eigenvalue weighted by molar-refractivity contribution is 6.46. The summed E-state index contributed by atoms with van der Waals surface area (Å²) in [5, 5.41) is 2.89. The Balaban J connectivity index is 1.86. The summed E-state index contributed by atoms with van der Waals surface area (Å²) in [6.07, 6.45) is 0. The third-order valence-corrected chi connectivity index (χ3v) is 5.13. The Morgan fingerprint density at radius 2 is 1.50 bits per heavy atom. The first-order valence-corrected chi connectivity index (χ1v) is 9.34. The van der Waals surface area contributed by atoms with Gasteiger partial charge in [-0.05, 0) is 66.9 Å². The van der Waals surface area contributed by atoms with Crippen molar-refractivity contribution in [1.29, 1.82) is 0 Å². The number of carbonyl (C=O) groups is 2. The molecule has 1 heterocycles. The molecule has 0 atom stereocenters. The predicted molar refractivity (Wildman–Crippen MR) is 112 cm³/mol. The minimum Gasteiger partial charge on any atom is -0.350 e. The zero-order valence-electron chi connectivity index (χ0n) is 16.4. The topological polar surface area (TPSA) is 49.4 Å². The van der Waals surface area contributed by atoms with Crippen LogP contribution in [0.3, 0.4) is 0 Å². The van der Waals surface area contributed by atoms with E-state index < -0.39 is 23.4 Å². The standard InChI is InChI=1S/C24H18F2N2O2/c1-14-5-3-8-20(15(14)2)28-23(29)21(16-9-11-17(25)12-10-16)22(24(28)30)27-19-7-4-6-18(26)13-19/h3-13,27H,1-2H3. The Morgan fingerprint density at radius 3 is 2.20 bits per heavy atom. The lowest BCUT2D eigenvalue weighted by Crippen LogP contribution is -2.33. The summed E-state index contributed by atoms with van der Waals surface area (Å²) >= 11 is 0. The molecule has 6 heteroatoms. The van der Waals surface area contributed by atoms with E-state index in [1.165, 1.54) is 42.5 Å². The van der Waals surface area contributed by atoms with Crippen LogP contribution in [-0.4, -0.2) is 11.8 Å². The van der Waals surface area contributed by atoms with Gasteiger partial charge < -0.3 is 5.32 Å². The van der Waals surface area contributed by atoms with Crippen LogP contribution < -0.4 is 10.2 Å². The first-order chi connectivity index (χ1) is 14.4. The lowest BCUT2D eigenvalue weighted by molar-refractivity contribution is -0.120. The number of rotatable bonds is 4. The summed E-state index contributed by atoms with van der Waals surface area (Å²) in [5.41, 5.74) is 3.03. The Morgan fingerprint density at radius 1 is 0.800 bits per heavy atom. The van der Waals surface area contributed by atoms with Gasteiger partial charge in [0.05, 0.1) is 11.3 Å². The number of benzene rings is 3. The van der Waals surface area contributed by atoms with Crippen LogP contribution in [0.5, 0.6) is 0 Å². The molecular weight excluding hydrogens is 386 g/mol. The van der Waals surface area contributed by atoms with Gasteiger partial charge in [-0.15, -0.1) is 0 Å². The fourth-order valence-electron chi connectivity index (χ4n) is 3.44. The number of imide groups is 1. The van der Waals surface area contributed by atoms with E-state index in [1.807, 2.05) is 19.9 Å². The van der Waals surface area contributed by atoms with Crippen molar-refractivity contribution in [1.82, 2.24) is 0 Å². The van der Waals surface area contributed by atoms with Crippen molar-refractivity contribution in [3.63, 3.8) is 0 Å². The third kappa shape index (κ3) is 3.37. The molecule has 1 aliphatic heterocycles. The van der Waals surface area contributed by atoms with Crippen molar-refractivity contribution in [3.05, 3.63) is 101 Å². The van der Waals surface area contributed by atoms with Crippen LogP contribution in [-0.2, 0) is 9.59 Å². The Hall–Kier alpha value is -3.80. The fourth-order valence-corrected chi connectivity index (χ4v) is 3.44. The molecule has 150 valence electrons. The number of hydrogen-bond acceptors (Lipinski definition) is 3. The Bertz CT molecular complexity index is 1200. The first kappa shape index (κ1) is 19.5. The number of carbonyl (C=O) groups excluding carboxylic acids is 2. The molecule has 1 N–H and O–H groups in total. The monoisotopic (exact) mass is 404 g/mol. The van der Waals surface area contributed by atoms with E-state index in [2.05, 4.69) is 5.32 Å². The van der Waals surface area contributed by atoms with Crippen LogP contribution in [0.25, 0.3) is 5.57 Å². The molecule has 3 aromatic carbocycles. The van der Waals surface area contributed by atoms with E-state index in [-0.39, 0.29) is 11.3 Å². The van der Waals surface area contributed by atoms with Gasteiger partial charge in [-0.1, -0.05) is 30.3 Å². The summed E-state index contributed by atoms with van der Waals surface area (Å²) in [4.78, 5) is 27.8. The molecule has 30 heavy (non-hydrogen) atoms. The summed E-state index contributed by atoms with van der Waals surface area (Å²) < 4.78 is 27.1. The van der Waals surface area contributed by atoms with Crippen molar-refractivity contribution < 1.29 is 18.4 Å². The highest BCUT2D eigenvalue weighted by Crippen LogP contribution is 2.35. The average Bonchev–Trinajstić information content (AvgIpc) is 2.95. The number of anilines is 2. The van der Waals surface area contributed by atoms with E-state index in [4.69, 9.17) is 0 Å². The second-order valence-corrected chi connectivity index (χ2v) is 7.06. The van der Waals surface area contributed by atoms with Crippen molar-refractivity contribution in [3.8, 4) is 0 Å². The smallest absolute Gasteiger partial charge is 0.282 e. The van der Waals surface area contributed by atoms with E-state index in [1.54, 1.807) is 18.2 Å². The molecular formula is C24H18F2N2O2. The van der Waals surface area contributed by atoms with Crippen LogP contribution in [0, 0.1) is 25.5 Å². The molecule has 0 bridgehead atoms. The maximum atomic E-state index is 13.7. The number of nitrogens with zero attached hydrogens (tertiary/aromatic N) is 1. The largest absolute Gasteiger partial charge is 0.350 e. The molecule has 0 aliphatic carbocycles. The molecule has 0 saturated heterocycles. The second kappa shape index (κ2) is 7.55. The number of nitrogens with one attached hydrogen (secondary N) is 1. The molecule has 4 nitrogen and oxygen atoms in total. The zero-order valence-corrected chi connectivity index (χ0v) is 16.4. The predicted octanol–water partition coefficient (Wildman–Crippen LogP) is 4.98. The van der Waals surface area contributed by atoms with Crippen LogP contribution in [0.15, 0.2) is 72.4 Å². The van der Waals surface area contributed by atoms with Crippen LogP contribution in [0.2, 0.25) is 0 Å². The van der Waals surface area contributed by atoms with Gasteiger partial charge in [0.1, 0.15) is 17.3 Å². The summed E-state index contributed by atoms with van der Waals surface area (Å²) in [6, 6.07) is 16.3. The van der Waals surface area contributed by atoms with E-state index in [0.717, 1.165) is 16.0 Å². The normalized spacial score (nSPS) is 13.9. The van der Waals surface area contributed by atoms with Gasteiger partial charge in [-0.2, -0.15) is 0 Å². The molecule has 0 spiro atoms. The molecule has 2 amide bonds. The van der Waals surface area contributed by atoms with Gasteiger partial charge in [0.2, 0.25) is 0 Å². The van der Waals surface area contributed by atoms with Gasteiger partial charge in [-0.25, -0.2) is 13.7 Å². The van der Waals surface area contributed by atoms with E-state index in [0.29, 0.717) is 16.9 Å². The van der Waals surface area contributed by atoms with Gasteiger partial charge in [0.25, 0.3) is 11.8 Å². The van der Waals surface area contributed by atoms with Crippen molar-refractivity contribution in [2.24, 2.45) is 0 Å². The quantitative estimate of drug-likeness (QED) is 0.624. The fraction of sp³-hybridized carbons (Fsp3) is 0.0833. The second-order valence-electron chi connectivity index (χ2n) is 7.06. The highest BCUT2D eigenvalue weighted by Gasteiger charge is 2.41. The highest BCUT2D eigenvalue weighted by atomic mass is 19.1. The van der Waals surface area contributed by atoms with Gasteiger partial charge in [-0.3, -0.25) is 9.59 Å². The maximum absolute atomic E-state index is 13.7. The lowest BCUT2D eigenvalue weighted by atomic mass is 10.0. The van der Waals surface area contributed by atoms with E-state index >= 15 is 0 Å². The molecule has 0 aromatic heterocycles. The number of halogens is 2. The molecule has 1 aliphatic rings. The Labute approximate surface area is 172 Å². The first-order valence-electron chi connectivity index (χ1n) is 9.34. The average molecular weight is 404 g/mol. The summed E-state index contributed by atoms with van der Waals surface area (Å²) in [7, 11) is 0. The lowest BCUT2D eigenvalue weighted by Gasteiger charge is -2.19. The van der Waals surface area contributed by atoms with Crippen LogP contribution in [0.1, 0.15) is 16.7 Å². The van der Waals surface area contributed by atoms with Crippen LogP contribution in [0.4, 0.5) is 20.2 Å². The molecule has 3 aromatic rings. The number of amides is 2. The third-order valence-electron chi connectivity index (χ3n) is 5.13. The van der Waals surface area contributed by atoms with Crippen LogP contribution >= 0.6 is 0 Å². The van der Waals surface area contributed by atoms with Gasteiger partial charge in [0.15, 0.2) is 0 Å². The number of hydrogen-bond donors (Lipinski definition) is 1. The van der Waals surface area contributed by atoms with Gasteiger partial charge in [0, 0.05) is 5.69 Å². The minimum atomic E-state index is -0.558. The summed E-state index contributed by atoms with van der Waals surface area (Å²) in [5.74, 6) is -2.02. The number of aryl methyl sites for hydroxylation is 1. The zero-order chi connectivity index (χ0) is 21.4. The SMILES string of the molecule is Cc1cccc(N2C(=O)C(Nc3cccc(F)c3)=C(c3ccc(F)cc3)C2=O)c1C. The molecule has 0 fully saturated rings. The summed E-state index contributed by atoms with van der Waals surface area (Å²) in [6.45, 7) is 3.73. The van der Waals surface area contributed by atoms with E-state index in [9.17, 15) is 18.4 Å². The maximum Gasteiger partial charge on any atom is 0.282 e. The Kier molecular flexibility index (Phi) is 4.91. The van der Waals surface area contributed by atoms with Crippen molar-refractivity contribution in [2.75, 3.05) is 10.2 Å². The van der Waals surface area contributed by atoms with Crippen molar-refractivity contribution in [2.45, 2.75) is 13.8 Å². The molecule has 4 rings (SSSR count). The molecule has 0 unspecified atom stereocenters. The molecule has 0 radical (unpaired) electrons. The molecule has 0 saturated carbocycles. The van der Waals surface area contributed by atoms with Crippen molar-refractivity contribution >= 4 is 28.8 Å². The van der Waals surface area contributed by atoms with Gasteiger partial charge >= 0.3 is 0 Å². The minimum absolute atomic E-state index is 0.0121.